The molecule has 0 radical (unpaired) electrons. The van der Waals surface area contributed by atoms with Crippen molar-refractivity contribution in [2.24, 2.45) is 0 Å². The fourth-order valence-corrected chi connectivity index (χ4v) is 3.32. The number of nitrogens with one attached hydrogen (secondary N) is 1. The SMILES string of the molecule is Cc1cnc2ccc(C(=O)c3c(F)c(F)cc(CCCNS(=O)O)c3F)cc2c1. The van der Waals surface area contributed by atoms with Crippen molar-refractivity contribution >= 4 is 28.0 Å². The Morgan fingerprint density at radius 2 is 1.93 bits per heavy atom. The van der Waals surface area contributed by atoms with Gasteiger partial charge in [0, 0.05) is 23.7 Å². The fraction of sp³-hybridized carbons (Fsp3) is 0.200. The number of fused-ring (bicyclic) bond motifs is 1. The first-order valence-corrected chi connectivity index (χ1v) is 9.80. The van der Waals surface area contributed by atoms with Gasteiger partial charge >= 0.3 is 0 Å². The highest BCUT2D eigenvalue weighted by Gasteiger charge is 2.25. The number of benzene rings is 2. The van der Waals surface area contributed by atoms with E-state index < -0.39 is 40.1 Å². The largest absolute Gasteiger partial charge is 0.294 e. The summed E-state index contributed by atoms with van der Waals surface area (Å²) in [7, 11) is 0. The molecule has 1 heterocycles. The molecule has 9 heteroatoms. The summed E-state index contributed by atoms with van der Waals surface area (Å²) in [4.78, 5) is 17.0. The molecule has 3 rings (SSSR count). The number of nitrogens with zero attached hydrogens (tertiary/aromatic N) is 1. The van der Waals surface area contributed by atoms with Crippen LogP contribution in [0.3, 0.4) is 0 Å². The van der Waals surface area contributed by atoms with Gasteiger partial charge in [-0.3, -0.25) is 14.3 Å². The van der Waals surface area contributed by atoms with E-state index in [2.05, 4.69) is 9.71 Å². The zero-order valence-corrected chi connectivity index (χ0v) is 16.2. The highest BCUT2D eigenvalue weighted by Crippen LogP contribution is 2.25. The summed E-state index contributed by atoms with van der Waals surface area (Å²) in [5, 5.41) is 0.622. The maximum atomic E-state index is 14.8. The Labute approximate surface area is 167 Å². The van der Waals surface area contributed by atoms with Gasteiger partial charge in [0.1, 0.15) is 5.82 Å². The van der Waals surface area contributed by atoms with Crippen LogP contribution >= 0.6 is 0 Å². The second-order valence-corrected chi connectivity index (χ2v) is 7.30. The molecule has 1 atom stereocenters. The van der Waals surface area contributed by atoms with E-state index in [1.54, 1.807) is 18.3 Å². The highest BCUT2D eigenvalue weighted by molar-refractivity contribution is 7.77. The zero-order chi connectivity index (χ0) is 21.1. The third-order valence-electron chi connectivity index (χ3n) is 4.39. The average Bonchev–Trinajstić information content (AvgIpc) is 2.68. The molecule has 0 aliphatic carbocycles. The summed E-state index contributed by atoms with van der Waals surface area (Å²) >= 11 is -2.22. The molecule has 0 aliphatic rings. The molecule has 5 nitrogen and oxygen atoms in total. The van der Waals surface area contributed by atoms with Crippen LogP contribution in [0.2, 0.25) is 0 Å². The number of carbonyl (C=O) groups is 1. The van der Waals surface area contributed by atoms with Crippen molar-refractivity contribution in [3.8, 4) is 0 Å². The highest BCUT2D eigenvalue weighted by atomic mass is 32.2. The second-order valence-electron chi connectivity index (χ2n) is 6.52. The molecule has 0 bridgehead atoms. The molecule has 29 heavy (non-hydrogen) atoms. The number of ketones is 1. The van der Waals surface area contributed by atoms with Crippen LogP contribution in [0.25, 0.3) is 10.9 Å². The van der Waals surface area contributed by atoms with Gasteiger partial charge < -0.3 is 0 Å². The minimum absolute atomic E-state index is 0.0107. The number of hydrogen-bond acceptors (Lipinski definition) is 3. The molecule has 3 aromatic rings. The molecule has 0 fully saturated rings. The van der Waals surface area contributed by atoms with E-state index in [9.17, 15) is 22.2 Å². The summed E-state index contributed by atoms with van der Waals surface area (Å²) in [5.41, 5.74) is 0.332. The van der Waals surface area contributed by atoms with Gasteiger partial charge in [0.2, 0.25) is 11.3 Å². The van der Waals surface area contributed by atoms with Crippen LogP contribution in [0.4, 0.5) is 13.2 Å². The predicted molar refractivity (Wildman–Crippen MR) is 103 cm³/mol. The number of pyridine rings is 1. The number of aryl methyl sites for hydroxylation is 2. The topological polar surface area (TPSA) is 79.3 Å². The van der Waals surface area contributed by atoms with Crippen molar-refractivity contribution in [2.45, 2.75) is 19.8 Å². The number of aromatic nitrogens is 1. The average molecular weight is 422 g/mol. The maximum absolute atomic E-state index is 14.8. The van der Waals surface area contributed by atoms with Gasteiger partial charge in [0.25, 0.3) is 0 Å². The molecule has 0 saturated heterocycles. The Morgan fingerprint density at radius 3 is 2.66 bits per heavy atom. The minimum Gasteiger partial charge on any atom is -0.294 e. The van der Waals surface area contributed by atoms with Gasteiger partial charge in [-0.05, 0) is 61.2 Å². The Bertz CT molecular complexity index is 1120. The summed E-state index contributed by atoms with van der Waals surface area (Å²) in [6.07, 6.45) is 1.79. The van der Waals surface area contributed by atoms with Gasteiger partial charge in [-0.1, -0.05) is 0 Å². The molecule has 0 aliphatic heterocycles. The van der Waals surface area contributed by atoms with Crippen LogP contribution in [-0.2, 0) is 17.7 Å². The van der Waals surface area contributed by atoms with E-state index in [0.717, 1.165) is 5.56 Å². The predicted octanol–water partition coefficient (Wildman–Crippen LogP) is 3.85. The van der Waals surface area contributed by atoms with Crippen LogP contribution in [0, 0.1) is 24.4 Å². The molecule has 0 amide bonds. The van der Waals surface area contributed by atoms with Crippen LogP contribution in [-0.4, -0.2) is 26.1 Å². The van der Waals surface area contributed by atoms with Gasteiger partial charge in [-0.15, -0.1) is 0 Å². The number of rotatable bonds is 7. The first kappa shape index (κ1) is 21.1. The van der Waals surface area contributed by atoms with Gasteiger partial charge in [0.05, 0.1) is 11.1 Å². The Hall–Kier alpha value is -2.62. The zero-order valence-electron chi connectivity index (χ0n) is 15.3. The fourth-order valence-electron chi connectivity index (χ4n) is 3.00. The Balaban J connectivity index is 1.96. The monoisotopic (exact) mass is 422 g/mol. The van der Waals surface area contributed by atoms with Crippen molar-refractivity contribution in [1.29, 1.82) is 0 Å². The van der Waals surface area contributed by atoms with Crippen LogP contribution < -0.4 is 4.72 Å². The molecular formula is C20H17F3N2O3S. The standard InChI is InChI=1S/C20H17F3N2O3S/c1-11-7-14-8-13(4-5-16(14)24-10-11)20(26)17-18(22)12(9-15(21)19(17)23)3-2-6-25-29(27)28/h4-5,7-10,25H,2-3,6H2,1H3,(H,27,28). The van der Waals surface area contributed by atoms with Crippen molar-refractivity contribution < 1.29 is 26.7 Å². The van der Waals surface area contributed by atoms with Gasteiger partial charge in [-0.2, -0.15) is 0 Å². The number of carbonyl (C=O) groups excluding carboxylic acids is 1. The molecule has 0 saturated carbocycles. The van der Waals surface area contributed by atoms with Crippen molar-refractivity contribution in [2.75, 3.05) is 6.54 Å². The Kier molecular flexibility index (Phi) is 6.41. The van der Waals surface area contributed by atoms with Crippen LogP contribution in [0.15, 0.2) is 36.5 Å². The first-order valence-electron chi connectivity index (χ1n) is 8.69. The van der Waals surface area contributed by atoms with E-state index in [-0.39, 0.29) is 30.5 Å². The lowest BCUT2D eigenvalue weighted by Crippen LogP contribution is -2.18. The molecular weight excluding hydrogens is 405 g/mol. The van der Waals surface area contributed by atoms with Crippen molar-refractivity contribution in [3.05, 3.63) is 76.2 Å². The first-order chi connectivity index (χ1) is 13.8. The molecule has 2 aromatic carbocycles. The number of hydrogen-bond donors (Lipinski definition) is 2. The lowest BCUT2D eigenvalue weighted by Gasteiger charge is -2.11. The van der Waals surface area contributed by atoms with E-state index in [1.165, 1.54) is 12.1 Å². The van der Waals surface area contributed by atoms with Gasteiger partial charge in [-0.25, -0.2) is 22.1 Å². The summed E-state index contributed by atoms with van der Waals surface area (Å²) < 4.78 is 64.6. The summed E-state index contributed by atoms with van der Waals surface area (Å²) in [6, 6.07) is 6.88. The third kappa shape index (κ3) is 4.69. The van der Waals surface area contributed by atoms with Gasteiger partial charge in [0.15, 0.2) is 17.4 Å². The van der Waals surface area contributed by atoms with E-state index in [0.29, 0.717) is 17.0 Å². The second kappa shape index (κ2) is 8.81. The molecule has 152 valence electrons. The van der Waals surface area contributed by atoms with Crippen molar-refractivity contribution in [1.82, 2.24) is 9.71 Å². The molecule has 1 aromatic heterocycles. The minimum atomic E-state index is -2.22. The smallest absolute Gasteiger partial charge is 0.231 e. The van der Waals surface area contributed by atoms with E-state index in [4.69, 9.17) is 4.55 Å². The van der Waals surface area contributed by atoms with E-state index in [1.807, 2.05) is 6.92 Å². The molecule has 0 spiro atoms. The van der Waals surface area contributed by atoms with Crippen molar-refractivity contribution in [3.63, 3.8) is 0 Å². The lowest BCUT2D eigenvalue weighted by molar-refractivity contribution is 0.102. The normalized spacial score (nSPS) is 12.3. The Morgan fingerprint density at radius 1 is 1.17 bits per heavy atom. The summed E-state index contributed by atoms with van der Waals surface area (Å²) in [5.74, 6) is -4.99. The van der Waals surface area contributed by atoms with Crippen LogP contribution in [0.1, 0.15) is 33.5 Å². The quantitative estimate of drug-likeness (QED) is 0.262. The number of halogens is 3. The molecule has 1 unspecified atom stereocenters. The van der Waals surface area contributed by atoms with Crippen LogP contribution in [0.5, 0.6) is 0 Å². The summed E-state index contributed by atoms with van der Waals surface area (Å²) in [6.45, 7) is 1.88. The maximum Gasteiger partial charge on any atom is 0.231 e. The van der Waals surface area contributed by atoms with E-state index >= 15 is 0 Å². The third-order valence-corrected chi connectivity index (χ3v) is 4.84. The lowest BCUT2D eigenvalue weighted by atomic mass is 9.96. The molecule has 2 N–H and O–H groups in total.